The van der Waals surface area contributed by atoms with Crippen LogP contribution in [0.5, 0.6) is 0 Å². The molecule has 0 saturated heterocycles. The molecule has 2 amide bonds. The molecule has 0 aliphatic carbocycles. The molecule has 2 rings (SSSR count). The lowest BCUT2D eigenvalue weighted by Gasteiger charge is -2.11. The number of aryl methyl sites for hydroxylation is 4. The molecule has 22 heavy (non-hydrogen) atoms. The van der Waals surface area contributed by atoms with Crippen LogP contribution in [0.2, 0.25) is 5.02 Å². The van der Waals surface area contributed by atoms with Crippen LogP contribution < -0.4 is 10.6 Å². The average Bonchev–Trinajstić information content (AvgIpc) is 2.77. The summed E-state index contributed by atoms with van der Waals surface area (Å²) >= 11 is 6.08. The van der Waals surface area contributed by atoms with Gasteiger partial charge in [0.2, 0.25) is 0 Å². The third-order valence-corrected chi connectivity index (χ3v) is 3.71. The van der Waals surface area contributed by atoms with Crippen molar-refractivity contribution >= 4 is 23.3 Å². The molecule has 6 heteroatoms. The van der Waals surface area contributed by atoms with Crippen LogP contribution in [0.25, 0.3) is 0 Å². The highest BCUT2D eigenvalue weighted by molar-refractivity contribution is 6.33. The van der Waals surface area contributed by atoms with Gasteiger partial charge in [0.1, 0.15) is 0 Å². The number of urea groups is 1. The van der Waals surface area contributed by atoms with Crippen LogP contribution in [0, 0.1) is 20.8 Å². The maximum atomic E-state index is 11.9. The first kappa shape index (κ1) is 16.4. The Balaban J connectivity index is 1.78. The predicted molar refractivity (Wildman–Crippen MR) is 89.5 cm³/mol. The number of halogens is 1. The van der Waals surface area contributed by atoms with Gasteiger partial charge in [-0.05, 0) is 44.9 Å². The Hall–Kier alpha value is -2.01. The number of nitrogens with zero attached hydrogens (tertiary/aromatic N) is 2. The molecule has 2 N–H and O–H groups in total. The van der Waals surface area contributed by atoms with Gasteiger partial charge in [-0.3, -0.25) is 4.68 Å². The maximum absolute atomic E-state index is 11.9. The van der Waals surface area contributed by atoms with E-state index in [1.54, 1.807) is 6.07 Å². The zero-order valence-electron chi connectivity index (χ0n) is 13.1. The molecule has 0 radical (unpaired) electrons. The van der Waals surface area contributed by atoms with Gasteiger partial charge in [0.15, 0.2) is 0 Å². The maximum Gasteiger partial charge on any atom is 0.319 e. The molecule has 0 unspecified atom stereocenters. The summed E-state index contributed by atoms with van der Waals surface area (Å²) in [5, 5.41) is 10.5. The molecule has 0 spiro atoms. The minimum atomic E-state index is -0.246. The van der Waals surface area contributed by atoms with Crippen LogP contribution in [0.4, 0.5) is 10.5 Å². The summed E-state index contributed by atoms with van der Waals surface area (Å²) in [6.45, 7) is 7.27. The fourth-order valence-corrected chi connectivity index (χ4v) is 2.55. The van der Waals surface area contributed by atoms with Crippen molar-refractivity contribution in [2.24, 2.45) is 0 Å². The Morgan fingerprint density at radius 2 is 2.09 bits per heavy atom. The van der Waals surface area contributed by atoms with E-state index in [1.807, 2.05) is 43.7 Å². The smallest absolute Gasteiger partial charge is 0.319 e. The van der Waals surface area contributed by atoms with E-state index < -0.39 is 0 Å². The molecule has 1 aromatic carbocycles. The summed E-state index contributed by atoms with van der Waals surface area (Å²) in [7, 11) is 0. The molecule has 5 nitrogen and oxygen atoms in total. The van der Waals surface area contributed by atoms with E-state index in [0.29, 0.717) is 17.3 Å². The van der Waals surface area contributed by atoms with Gasteiger partial charge in [-0.15, -0.1) is 0 Å². The SMILES string of the molecule is Cc1cc(C)n(CCCNC(=O)Nc2c(C)cccc2Cl)n1. The first-order chi connectivity index (χ1) is 10.5. The highest BCUT2D eigenvalue weighted by Gasteiger charge is 2.07. The fourth-order valence-electron chi connectivity index (χ4n) is 2.28. The van der Waals surface area contributed by atoms with Crippen molar-refractivity contribution in [3.8, 4) is 0 Å². The molecule has 2 aromatic rings. The van der Waals surface area contributed by atoms with Crippen molar-refractivity contribution < 1.29 is 4.79 Å². The Bertz CT molecular complexity index is 646. The minimum absolute atomic E-state index is 0.246. The Morgan fingerprint density at radius 3 is 2.73 bits per heavy atom. The average molecular weight is 321 g/mol. The quantitative estimate of drug-likeness (QED) is 0.826. The molecule has 0 atom stereocenters. The molecule has 0 aliphatic rings. The van der Waals surface area contributed by atoms with Gasteiger partial charge < -0.3 is 10.6 Å². The van der Waals surface area contributed by atoms with Crippen molar-refractivity contribution in [2.45, 2.75) is 33.7 Å². The van der Waals surface area contributed by atoms with E-state index in [4.69, 9.17) is 11.6 Å². The number of hydrogen-bond donors (Lipinski definition) is 2. The molecule has 0 bridgehead atoms. The molecule has 118 valence electrons. The number of benzene rings is 1. The summed E-state index contributed by atoms with van der Waals surface area (Å²) < 4.78 is 1.95. The summed E-state index contributed by atoms with van der Waals surface area (Å²) in [4.78, 5) is 11.9. The fraction of sp³-hybridized carbons (Fsp3) is 0.375. The van der Waals surface area contributed by atoms with Crippen molar-refractivity contribution in [2.75, 3.05) is 11.9 Å². The van der Waals surface area contributed by atoms with Crippen molar-refractivity contribution in [3.63, 3.8) is 0 Å². The number of rotatable bonds is 5. The number of nitrogens with one attached hydrogen (secondary N) is 2. The monoisotopic (exact) mass is 320 g/mol. The molecular weight excluding hydrogens is 300 g/mol. The molecule has 1 heterocycles. The summed E-state index contributed by atoms with van der Waals surface area (Å²) in [6, 6.07) is 7.32. The van der Waals surface area contributed by atoms with Gasteiger partial charge in [0.25, 0.3) is 0 Å². The normalized spacial score (nSPS) is 10.5. The van der Waals surface area contributed by atoms with E-state index in [-0.39, 0.29) is 6.03 Å². The van der Waals surface area contributed by atoms with Gasteiger partial charge in [0.05, 0.1) is 16.4 Å². The highest BCUT2D eigenvalue weighted by Crippen LogP contribution is 2.24. The lowest BCUT2D eigenvalue weighted by atomic mass is 10.2. The Kier molecular flexibility index (Phi) is 5.44. The largest absolute Gasteiger partial charge is 0.338 e. The lowest BCUT2D eigenvalue weighted by molar-refractivity contribution is 0.251. The number of aromatic nitrogens is 2. The zero-order chi connectivity index (χ0) is 16.1. The number of amides is 2. The van der Waals surface area contributed by atoms with Gasteiger partial charge >= 0.3 is 6.03 Å². The second-order valence-electron chi connectivity index (χ2n) is 5.32. The van der Waals surface area contributed by atoms with Gasteiger partial charge in [-0.25, -0.2) is 4.79 Å². The first-order valence-corrected chi connectivity index (χ1v) is 7.66. The van der Waals surface area contributed by atoms with Crippen molar-refractivity contribution in [1.29, 1.82) is 0 Å². The van der Waals surface area contributed by atoms with Crippen LogP contribution in [0.1, 0.15) is 23.4 Å². The van der Waals surface area contributed by atoms with E-state index in [9.17, 15) is 4.79 Å². The number of para-hydroxylation sites is 1. The Labute approximate surface area is 135 Å². The topological polar surface area (TPSA) is 59.0 Å². The lowest BCUT2D eigenvalue weighted by Crippen LogP contribution is -2.30. The van der Waals surface area contributed by atoms with Crippen LogP contribution in [0.15, 0.2) is 24.3 Å². The molecular formula is C16H21ClN4O. The Morgan fingerprint density at radius 1 is 1.32 bits per heavy atom. The summed E-state index contributed by atoms with van der Waals surface area (Å²) in [6.07, 6.45) is 0.816. The van der Waals surface area contributed by atoms with Gasteiger partial charge in [0, 0.05) is 18.8 Å². The summed E-state index contributed by atoms with van der Waals surface area (Å²) in [5.74, 6) is 0. The number of hydrogen-bond acceptors (Lipinski definition) is 2. The van der Waals surface area contributed by atoms with E-state index in [0.717, 1.165) is 29.9 Å². The molecule has 1 aromatic heterocycles. The van der Waals surface area contributed by atoms with Crippen molar-refractivity contribution in [1.82, 2.24) is 15.1 Å². The predicted octanol–water partition coefficient (Wildman–Crippen LogP) is 3.67. The van der Waals surface area contributed by atoms with Crippen LogP contribution in [0.3, 0.4) is 0 Å². The number of carbonyl (C=O) groups excluding carboxylic acids is 1. The van der Waals surface area contributed by atoms with E-state index in [1.165, 1.54) is 0 Å². The summed E-state index contributed by atoms with van der Waals surface area (Å²) in [5.41, 5.74) is 3.73. The van der Waals surface area contributed by atoms with E-state index in [2.05, 4.69) is 15.7 Å². The highest BCUT2D eigenvalue weighted by atomic mass is 35.5. The molecule has 0 aliphatic heterocycles. The van der Waals surface area contributed by atoms with E-state index >= 15 is 0 Å². The third kappa shape index (κ3) is 4.24. The molecule has 0 fully saturated rings. The first-order valence-electron chi connectivity index (χ1n) is 7.28. The second kappa shape index (κ2) is 7.31. The van der Waals surface area contributed by atoms with Gasteiger partial charge in [-0.2, -0.15) is 5.10 Å². The number of carbonyl (C=O) groups is 1. The van der Waals surface area contributed by atoms with Crippen LogP contribution in [-0.2, 0) is 6.54 Å². The molecule has 0 saturated carbocycles. The standard InChI is InChI=1S/C16H21ClN4O/c1-11-6-4-7-14(17)15(11)19-16(22)18-8-5-9-21-13(3)10-12(2)20-21/h4,6-7,10H,5,8-9H2,1-3H3,(H2,18,19,22). The van der Waals surface area contributed by atoms with Crippen LogP contribution >= 0.6 is 11.6 Å². The number of anilines is 1. The van der Waals surface area contributed by atoms with Crippen LogP contribution in [-0.4, -0.2) is 22.4 Å². The zero-order valence-corrected chi connectivity index (χ0v) is 13.9. The van der Waals surface area contributed by atoms with Crippen molar-refractivity contribution in [3.05, 3.63) is 46.2 Å². The second-order valence-corrected chi connectivity index (χ2v) is 5.72. The van der Waals surface area contributed by atoms with Gasteiger partial charge in [-0.1, -0.05) is 23.7 Å². The third-order valence-electron chi connectivity index (χ3n) is 3.40. The minimum Gasteiger partial charge on any atom is -0.338 e.